The summed E-state index contributed by atoms with van der Waals surface area (Å²) in [5.41, 5.74) is 7.01. The van der Waals surface area contributed by atoms with Gasteiger partial charge < -0.3 is 15.6 Å². The molecule has 0 heterocycles. The van der Waals surface area contributed by atoms with E-state index < -0.39 is 6.10 Å². The SMILES string of the molecule is CCOc1ccc([C@@H](N)[C@@H](O)CCC(C)C)cc1. The molecule has 0 amide bonds. The molecule has 0 saturated heterocycles. The van der Waals surface area contributed by atoms with Crippen molar-refractivity contribution in [1.29, 1.82) is 0 Å². The van der Waals surface area contributed by atoms with Gasteiger partial charge in [-0.3, -0.25) is 0 Å². The summed E-state index contributed by atoms with van der Waals surface area (Å²) in [7, 11) is 0. The van der Waals surface area contributed by atoms with Gasteiger partial charge in [0.2, 0.25) is 0 Å². The molecule has 1 rings (SSSR count). The highest BCUT2D eigenvalue weighted by molar-refractivity contribution is 5.29. The predicted molar refractivity (Wildman–Crippen MR) is 74.6 cm³/mol. The molecule has 0 bridgehead atoms. The molecule has 1 aromatic carbocycles. The van der Waals surface area contributed by atoms with Crippen LogP contribution in [0.3, 0.4) is 0 Å². The molecule has 0 saturated carbocycles. The molecule has 0 radical (unpaired) electrons. The number of ether oxygens (including phenoxy) is 1. The Bertz CT molecular complexity index is 335. The first-order valence-electron chi connectivity index (χ1n) is 6.71. The second-order valence-corrected chi connectivity index (χ2v) is 5.07. The van der Waals surface area contributed by atoms with E-state index in [1.54, 1.807) is 0 Å². The molecule has 102 valence electrons. The van der Waals surface area contributed by atoms with E-state index in [4.69, 9.17) is 10.5 Å². The Hall–Kier alpha value is -1.06. The molecule has 0 aliphatic carbocycles. The minimum Gasteiger partial charge on any atom is -0.494 e. The monoisotopic (exact) mass is 251 g/mol. The third-order valence-electron chi connectivity index (χ3n) is 3.03. The molecule has 0 spiro atoms. The highest BCUT2D eigenvalue weighted by atomic mass is 16.5. The summed E-state index contributed by atoms with van der Waals surface area (Å²) in [6.45, 7) is 6.90. The van der Waals surface area contributed by atoms with Crippen LogP contribution in [0.25, 0.3) is 0 Å². The molecule has 0 fully saturated rings. The molecule has 3 nitrogen and oxygen atoms in total. The van der Waals surface area contributed by atoms with Gasteiger partial charge in [0.1, 0.15) is 5.75 Å². The number of hydrogen-bond acceptors (Lipinski definition) is 3. The van der Waals surface area contributed by atoms with E-state index in [2.05, 4.69) is 13.8 Å². The van der Waals surface area contributed by atoms with Crippen LogP contribution in [0.15, 0.2) is 24.3 Å². The lowest BCUT2D eigenvalue weighted by Crippen LogP contribution is -2.26. The van der Waals surface area contributed by atoms with Gasteiger partial charge in [-0.05, 0) is 43.4 Å². The Labute approximate surface area is 110 Å². The van der Waals surface area contributed by atoms with Crippen molar-refractivity contribution < 1.29 is 9.84 Å². The number of aliphatic hydroxyl groups is 1. The van der Waals surface area contributed by atoms with Crippen molar-refractivity contribution >= 4 is 0 Å². The lowest BCUT2D eigenvalue weighted by atomic mass is 9.96. The van der Waals surface area contributed by atoms with Gasteiger partial charge in [0.05, 0.1) is 18.8 Å². The van der Waals surface area contributed by atoms with E-state index in [1.165, 1.54) is 0 Å². The minimum atomic E-state index is -0.481. The van der Waals surface area contributed by atoms with Crippen LogP contribution < -0.4 is 10.5 Å². The average molecular weight is 251 g/mol. The van der Waals surface area contributed by atoms with Crippen LogP contribution in [0.2, 0.25) is 0 Å². The Balaban J connectivity index is 2.57. The molecule has 0 aliphatic heterocycles. The molecule has 3 N–H and O–H groups in total. The number of nitrogens with two attached hydrogens (primary N) is 1. The zero-order chi connectivity index (χ0) is 13.5. The average Bonchev–Trinajstić information content (AvgIpc) is 2.36. The Kier molecular flexibility index (Phi) is 6.16. The van der Waals surface area contributed by atoms with E-state index in [1.807, 2.05) is 31.2 Å². The first-order chi connectivity index (χ1) is 8.54. The Morgan fingerprint density at radius 2 is 1.78 bits per heavy atom. The third-order valence-corrected chi connectivity index (χ3v) is 3.03. The van der Waals surface area contributed by atoms with Crippen molar-refractivity contribution in [1.82, 2.24) is 0 Å². The maximum atomic E-state index is 10.0. The normalized spacial score (nSPS) is 14.6. The van der Waals surface area contributed by atoms with Gasteiger partial charge in [0.25, 0.3) is 0 Å². The van der Waals surface area contributed by atoms with Crippen molar-refractivity contribution in [3.63, 3.8) is 0 Å². The highest BCUT2D eigenvalue weighted by Gasteiger charge is 2.16. The maximum absolute atomic E-state index is 10.0. The molecule has 0 aliphatic rings. The predicted octanol–water partition coefficient (Wildman–Crippen LogP) is 2.88. The number of rotatable bonds is 7. The quantitative estimate of drug-likeness (QED) is 0.783. The summed E-state index contributed by atoms with van der Waals surface area (Å²) in [4.78, 5) is 0. The molecular weight excluding hydrogens is 226 g/mol. The minimum absolute atomic E-state index is 0.320. The summed E-state index contributed by atoms with van der Waals surface area (Å²) < 4.78 is 5.38. The number of hydrogen-bond donors (Lipinski definition) is 2. The Morgan fingerprint density at radius 1 is 1.17 bits per heavy atom. The molecule has 3 heteroatoms. The molecule has 0 aromatic heterocycles. The molecule has 1 aromatic rings. The van der Waals surface area contributed by atoms with Crippen LogP contribution in [0.1, 0.15) is 45.2 Å². The van der Waals surface area contributed by atoms with E-state index in [0.717, 1.165) is 24.2 Å². The van der Waals surface area contributed by atoms with Crippen LogP contribution in [0.5, 0.6) is 5.75 Å². The van der Waals surface area contributed by atoms with E-state index in [0.29, 0.717) is 12.5 Å². The fourth-order valence-corrected chi connectivity index (χ4v) is 1.86. The smallest absolute Gasteiger partial charge is 0.119 e. The highest BCUT2D eigenvalue weighted by Crippen LogP contribution is 2.21. The van der Waals surface area contributed by atoms with Gasteiger partial charge in [-0.2, -0.15) is 0 Å². The van der Waals surface area contributed by atoms with E-state index >= 15 is 0 Å². The summed E-state index contributed by atoms with van der Waals surface area (Å²) in [6.07, 6.45) is 1.25. The molecule has 2 atom stereocenters. The lowest BCUT2D eigenvalue weighted by molar-refractivity contribution is 0.128. The summed E-state index contributed by atoms with van der Waals surface area (Å²) >= 11 is 0. The van der Waals surface area contributed by atoms with Gasteiger partial charge in [-0.1, -0.05) is 26.0 Å². The second kappa shape index (κ2) is 7.39. The van der Waals surface area contributed by atoms with Crippen molar-refractivity contribution in [2.45, 2.75) is 45.8 Å². The molecular formula is C15H25NO2. The summed E-state index contributed by atoms with van der Waals surface area (Å²) in [5.74, 6) is 1.43. The van der Waals surface area contributed by atoms with E-state index in [9.17, 15) is 5.11 Å². The molecule has 18 heavy (non-hydrogen) atoms. The number of aliphatic hydroxyl groups excluding tert-OH is 1. The van der Waals surface area contributed by atoms with Gasteiger partial charge in [-0.15, -0.1) is 0 Å². The van der Waals surface area contributed by atoms with Crippen LogP contribution in [0, 0.1) is 5.92 Å². The zero-order valence-electron chi connectivity index (χ0n) is 11.6. The standard InChI is InChI=1S/C15H25NO2/c1-4-18-13-8-6-12(7-9-13)15(16)14(17)10-5-11(2)3/h6-9,11,14-15,17H,4-5,10,16H2,1-3H3/t14-,15+/m0/s1. The van der Waals surface area contributed by atoms with Gasteiger partial charge in [0, 0.05) is 0 Å². The third kappa shape index (κ3) is 4.67. The van der Waals surface area contributed by atoms with Crippen molar-refractivity contribution in [3.05, 3.63) is 29.8 Å². The van der Waals surface area contributed by atoms with Crippen molar-refractivity contribution in [3.8, 4) is 5.75 Å². The van der Waals surface area contributed by atoms with Gasteiger partial charge in [-0.25, -0.2) is 0 Å². The van der Waals surface area contributed by atoms with E-state index in [-0.39, 0.29) is 6.04 Å². The largest absolute Gasteiger partial charge is 0.494 e. The summed E-state index contributed by atoms with van der Waals surface area (Å²) in [6, 6.07) is 7.32. The maximum Gasteiger partial charge on any atom is 0.119 e. The summed E-state index contributed by atoms with van der Waals surface area (Å²) in [5, 5.41) is 10.0. The molecule has 0 unspecified atom stereocenters. The first-order valence-corrected chi connectivity index (χ1v) is 6.71. The Morgan fingerprint density at radius 3 is 2.28 bits per heavy atom. The topological polar surface area (TPSA) is 55.5 Å². The fourth-order valence-electron chi connectivity index (χ4n) is 1.86. The second-order valence-electron chi connectivity index (χ2n) is 5.07. The van der Waals surface area contributed by atoms with Gasteiger partial charge >= 0.3 is 0 Å². The van der Waals surface area contributed by atoms with Crippen LogP contribution in [-0.2, 0) is 0 Å². The van der Waals surface area contributed by atoms with Crippen LogP contribution in [-0.4, -0.2) is 17.8 Å². The fraction of sp³-hybridized carbons (Fsp3) is 0.600. The van der Waals surface area contributed by atoms with Crippen molar-refractivity contribution in [2.75, 3.05) is 6.61 Å². The zero-order valence-corrected chi connectivity index (χ0v) is 11.6. The van der Waals surface area contributed by atoms with Crippen molar-refractivity contribution in [2.24, 2.45) is 11.7 Å². The number of benzene rings is 1. The lowest BCUT2D eigenvalue weighted by Gasteiger charge is -2.20. The van der Waals surface area contributed by atoms with Gasteiger partial charge in [0.15, 0.2) is 0 Å². The van der Waals surface area contributed by atoms with Crippen LogP contribution in [0.4, 0.5) is 0 Å². The van der Waals surface area contributed by atoms with Crippen LogP contribution >= 0.6 is 0 Å². The first kappa shape index (κ1) is 15.0.